The molecule has 0 spiro atoms. The molecule has 1 saturated heterocycles. The number of halogens is 1. The van der Waals surface area contributed by atoms with Crippen LogP contribution in [0.2, 0.25) is 0 Å². The SMILES string of the molecule is CN1CCN(c2nc3c(c(OCc4ccco4)n2)CCNCC3)CC1.Cl. The summed E-state index contributed by atoms with van der Waals surface area (Å²) >= 11 is 0. The molecule has 0 radical (unpaired) electrons. The smallest absolute Gasteiger partial charge is 0.228 e. The molecular weight excluding hydrogens is 354 g/mol. The van der Waals surface area contributed by atoms with Gasteiger partial charge in [-0.05, 0) is 32.1 Å². The van der Waals surface area contributed by atoms with Crippen molar-refractivity contribution in [3.8, 4) is 5.88 Å². The van der Waals surface area contributed by atoms with Gasteiger partial charge in [-0.3, -0.25) is 0 Å². The average molecular weight is 380 g/mol. The van der Waals surface area contributed by atoms with Crippen LogP contribution in [0.3, 0.4) is 0 Å². The van der Waals surface area contributed by atoms with Gasteiger partial charge in [0.25, 0.3) is 0 Å². The fraction of sp³-hybridized carbons (Fsp3) is 0.556. The lowest BCUT2D eigenvalue weighted by Gasteiger charge is -2.32. The molecule has 0 unspecified atom stereocenters. The van der Waals surface area contributed by atoms with Crippen molar-refractivity contribution in [2.24, 2.45) is 0 Å². The minimum Gasteiger partial charge on any atom is -0.469 e. The van der Waals surface area contributed by atoms with Crippen molar-refractivity contribution in [2.45, 2.75) is 19.4 Å². The maximum absolute atomic E-state index is 6.05. The van der Waals surface area contributed by atoms with Crippen molar-refractivity contribution in [3.63, 3.8) is 0 Å². The molecule has 1 N–H and O–H groups in total. The molecule has 2 aliphatic rings. The molecule has 0 atom stereocenters. The fourth-order valence-electron chi connectivity index (χ4n) is 3.30. The molecule has 0 aliphatic carbocycles. The average Bonchev–Trinajstić information content (AvgIpc) is 3.04. The standard InChI is InChI=1S/C18H25N5O2.ClH/c1-22-8-10-23(11-9-22)18-20-16-5-7-19-6-4-15(16)17(21-18)25-13-14-3-2-12-24-14;/h2-3,12,19H,4-11,13H2,1H3;1H. The number of nitrogens with one attached hydrogen (secondary N) is 1. The zero-order valence-corrected chi connectivity index (χ0v) is 15.9. The molecule has 4 rings (SSSR count). The summed E-state index contributed by atoms with van der Waals surface area (Å²) in [6.45, 7) is 6.24. The Kier molecular flexibility index (Phi) is 6.34. The first-order valence-corrected chi connectivity index (χ1v) is 8.99. The van der Waals surface area contributed by atoms with E-state index in [0.717, 1.165) is 75.1 Å². The number of fused-ring (bicyclic) bond motifs is 1. The van der Waals surface area contributed by atoms with Gasteiger partial charge in [-0.1, -0.05) is 0 Å². The number of hydrogen-bond donors (Lipinski definition) is 1. The van der Waals surface area contributed by atoms with Crippen LogP contribution in [0, 0.1) is 0 Å². The first-order valence-electron chi connectivity index (χ1n) is 8.99. The van der Waals surface area contributed by atoms with E-state index in [2.05, 4.69) is 22.2 Å². The summed E-state index contributed by atoms with van der Waals surface area (Å²) in [5.41, 5.74) is 2.25. The molecule has 0 aromatic carbocycles. The maximum atomic E-state index is 6.05. The van der Waals surface area contributed by atoms with Crippen LogP contribution in [0.25, 0.3) is 0 Å². The third kappa shape index (κ3) is 4.28. The third-order valence-electron chi connectivity index (χ3n) is 4.85. The number of rotatable bonds is 4. The van der Waals surface area contributed by atoms with Crippen LogP contribution < -0.4 is 15.0 Å². The van der Waals surface area contributed by atoms with E-state index >= 15 is 0 Å². The lowest BCUT2D eigenvalue weighted by molar-refractivity contribution is 0.256. The molecule has 4 heterocycles. The van der Waals surface area contributed by atoms with Gasteiger partial charge in [0.15, 0.2) is 0 Å². The van der Waals surface area contributed by atoms with Crippen LogP contribution in [0.1, 0.15) is 17.0 Å². The number of anilines is 1. The fourth-order valence-corrected chi connectivity index (χ4v) is 3.30. The predicted octanol–water partition coefficient (Wildman–Crippen LogP) is 1.51. The van der Waals surface area contributed by atoms with Crippen molar-refractivity contribution in [1.29, 1.82) is 0 Å². The van der Waals surface area contributed by atoms with E-state index in [1.807, 2.05) is 12.1 Å². The number of furan rings is 1. The first kappa shape index (κ1) is 18.9. The molecule has 142 valence electrons. The molecule has 1 fully saturated rings. The Bertz CT molecular complexity index is 702. The Morgan fingerprint density at radius 1 is 1.15 bits per heavy atom. The second kappa shape index (κ2) is 8.70. The summed E-state index contributed by atoms with van der Waals surface area (Å²) in [6.07, 6.45) is 3.47. The van der Waals surface area contributed by atoms with Crippen LogP contribution in [0.4, 0.5) is 5.95 Å². The van der Waals surface area contributed by atoms with Gasteiger partial charge in [0.2, 0.25) is 11.8 Å². The highest BCUT2D eigenvalue weighted by Crippen LogP contribution is 2.26. The second-order valence-electron chi connectivity index (χ2n) is 6.66. The normalized spacial score (nSPS) is 18.0. The van der Waals surface area contributed by atoms with Gasteiger partial charge in [-0.15, -0.1) is 12.4 Å². The topological polar surface area (TPSA) is 66.7 Å². The molecular formula is C18H26ClN5O2. The predicted molar refractivity (Wildman–Crippen MR) is 102 cm³/mol. The van der Waals surface area contributed by atoms with Gasteiger partial charge < -0.3 is 24.3 Å². The van der Waals surface area contributed by atoms with E-state index in [-0.39, 0.29) is 12.4 Å². The monoisotopic (exact) mass is 379 g/mol. The molecule has 2 aromatic rings. The number of ether oxygens (including phenoxy) is 1. The van der Waals surface area contributed by atoms with Gasteiger partial charge >= 0.3 is 0 Å². The Morgan fingerprint density at radius 3 is 2.73 bits per heavy atom. The molecule has 0 saturated carbocycles. The highest BCUT2D eigenvalue weighted by molar-refractivity contribution is 5.85. The minimum absolute atomic E-state index is 0. The molecule has 8 heteroatoms. The van der Waals surface area contributed by atoms with E-state index in [4.69, 9.17) is 19.1 Å². The van der Waals surface area contributed by atoms with Gasteiger partial charge in [0.05, 0.1) is 12.0 Å². The molecule has 7 nitrogen and oxygen atoms in total. The van der Waals surface area contributed by atoms with Gasteiger partial charge in [-0.2, -0.15) is 4.98 Å². The van der Waals surface area contributed by atoms with Gasteiger partial charge in [-0.25, -0.2) is 4.98 Å². The highest BCUT2D eigenvalue weighted by atomic mass is 35.5. The van der Waals surface area contributed by atoms with E-state index in [0.29, 0.717) is 12.5 Å². The summed E-state index contributed by atoms with van der Waals surface area (Å²) in [5, 5.41) is 3.43. The maximum Gasteiger partial charge on any atom is 0.228 e. The van der Waals surface area contributed by atoms with Crippen LogP contribution >= 0.6 is 12.4 Å². The van der Waals surface area contributed by atoms with E-state index < -0.39 is 0 Å². The second-order valence-corrected chi connectivity index (χ2v) is 6.66. The van der Waals surface area contributed by atoms with Crippen molar-refractivity contribution >= 4 is 18.4 Å². The van der Waals surface area contributed by atoms with E-state index in [9.17, 15) is 0 Å². The molecule has 2 aliphatic heterocycles. The largest absolute Gasteiger partial charge is 0.469 e. The molecule has 0 amide bonds. The summed E-state index contributed by atoms with van der Waals surface area (Å²) in [5.74, 6) is 2.31. The number of hydrogen-bond acceptors (Lipinski definition) is 7. The molecule has 0 bridgehead atoms. The quantitative estimate of drug-likeness (QED) is 0.863. The number of likely N-dealkylation sites (N-methyl/N-ethyl adjacent to an activating group) is 1. The van der Waals surface area contributed by atoms with Gasteiger partial charge in [0.1, 0.15) is 12.4 Å². The zero-order valence-electron chi connectivity index (χ0n) is 15.1. The number of aromatic nitrogens is 2. The van der Waals surface area contributed by atoms with Crippen molar-refractivity contribution in [1.82, 2.24) is 20.2 Å². The minimum atomic E-state index is 0. The first-order chi connectivity index (χ1) is 12.3. The zero-order chi connectivity index (χ0) is 17.1. The Hall–Kier alpha value is -1.83. The number of piperazine rings is 1. The summed E-state index contributed by atoms with van der Waals surface area (Å²) < 4.78 is 11.4. The highest BCUT2D eigenvalue weighted by Gasteiger charge is 2.22. The third-order valence-corrected chi connectivity index (χ3v) is 4.85. The van der Waals surface area contributed by atoms with Crippen LogP contribution in [-0.4, -0.2) is 61.2 Å². The van der Waals surface area contributed by atoms with Crippen molar-refractivity contribution in [2.75, 3.05) is 51.2 Å². The van der Waals surface area contributed by atoms with Crippen molar-refractivity contribution < 1.29 is 9.15 Å². The van der Waals surface area contributed by atoms with Crippen LogP contribution in [0.15, 0.2) is 22.8 Å². The summed E-state index contributed by atoms with van der Waals surface area (Å²) in [7, 11) is 2.15. The van der Waals surface area contributed by atoms with Gasteiger partial charge in [0, 0.05) is 44.7 Å². The Balaban J connectivity index is 0.00000196. The summed E-state index contributed by atoms with van der Waals surface area (Å²) in [6, 6.07) is 3.79. The number of nitrogens with zero attached hydrogens (tertiary/aromatic N) is 4. The van der Waals surface area contributed by atoms with Crippen LogP contribution in [-0.2, 0) is 19.4 Å². The van der Waals surface area contributed by atoms with Crippen molar-refractivity contribution in [3.05, 3.63) is 35.4 Å². The summed E-state index contributed by atoms with van der Waals surface area (Å²) in [4.78, 5) is 14.3. The lowest BCUT2D eigenvalue weighted by Crippen LogP contribution is -2.45. The van der Waals surface area contributed by atoms with E-state index in [1.54, 1.807) is 6.26 Å². The Labute approximate surface area is 160 Å². The lowest BCUT2D eigenvalue weighted by atomic mass is 10.1. The van der Waals surface area contributed by atoms with E-state index in [1.165, 1.54) is 0 Å². The Morgan fingerprint density at radius 2 is 1.96 bits per heavy atom. The van der Waals surface area contributed by atoms with Crippen LogP contribution in [0.5, 0.6) is 5.88 Å². The molecule has 26 heavy (non-hydrogen) atoms. The molecule has 2 aromatic heterocycles.